The SMILES string of the molecule is OCCCc1nnc(-c2cccnc2)o1. The van der Waals surface area contributed by atoms with Crippen molar-refractivity contribution in [2.75, 3.05) is 6.61 Å². The molecule has 5 nitrogen and oxygen atoms in total. The molecule has 0 saturated heterocycles. The lowest BCUT2D eigenvalue weighted by Crippen LogP contribution is -1.88. The molecular formula is C10H11N3O2. The Kier molecular flexibility index (Phi) is 3.04. The maximum atomic E-state index is 8.65. The molecule has 15 heavy (non-hydrogen) atoms. The zero-order chi connectivity index (χ0) is 10.5. The van der Waals surface area contributed by atoms with Crippen molar-refractivity contribution >= 4 is 0 Å². The average molecular weight is 205 g/mol. The van der Waals surface area contributed by atoms with E-state index in [0.717, 1.165) is 5.56 Å². The van der Waals surface area contributed by atoms with Gasteiger partial charge < -0.3 is 9.52 Å². The summed E-state index contributed by atoms with van der Waals surface area (Å²) in [5.74, 6) is 1.01. The van der Waals surface area contributed by atoms with Crippen LogP contribution in [0.1, 0.15) is 12.3 Å². The van der Waals surface area contributed by atoms with E-state index < -0.39 is 0 Å². The molecule has 78 valence electrons. The Hall–Kier alpha value is -1.75. The molecule has 0 atom stereocenters. The average Bonchev–Trinajstić information content (AvgIpc) is 2.76. The third kappa shape index (κ3) is 2.38. The predicted molar refractivity (Wildman–Crippen MR) is 52.9 cm³/mol. The highest BCUT2D eigenvalue weighted by molar-refractivity contribution is 5.49. The van der Waals surface area contributed by atoms with Gasteiger partial charge in [0, 0.05) is 25.4 Å². The number of rotatable bonds is 4. The van der Waals surface area contributed by atoms with Crippen LogP contribution in [0, 0.1) is 0 Å². The van der Waals surface area contributed by atoms with Crippen molar-refractivity contribution in [1.82, 2.24) is 15.2 Å². The van der Waals surface area contributed by atoms with E-state index in [1.165, 1.54) is 0 Å². The molecule has 0 fully saturated rings. The van der Waals surface area contributed by atoms with Gasteiger partial charge in [0.2, 0.25) is 11.8 Å². The monoisotopic (exact) mass is 205 g/mol. The van der Waals surface area contributed by atoms with E-state index in [1.807, 2.05) is 12.1 Å². The summed E-state index contributed by atoms with van der Waals surface area (Å²) in [4.78, 5) is 3.96. The smallest absolute Gasteiger partial charge is 0.249 e. The maximum Gasteiger partial charge on any atom is 0.249 e. The Morgan fingerprint density at radius 3 is 3.00 bits per heavy atom. The fourth-order valence-electron chi connectivity index (χ4n) is 1.19. The summed E-state index contributed by atoms with van der Waals surface area (Å²) in [6, 6.07) is 3.67. The molecule has 2 aromatic rings. The molecule has 0 bridgehead atoms. The fraction of sp³-hybridized carbons (Fsp3) is 0.300. The van der Waals surface area contributed by atoms with Gasteiger partial charge in [-0.15, -0.1) is 10.2 Å². The van der Waals surface area contributed by atoms with Crippen LogP contribution in [0.3, 0.4) is 0 Å². The highest BCUT2D eigenvalue weighted by Crippen LogP contribution is 2.16. The summed E-state index contributed by atoms with van der Waals surface area (Å²) in [5.41, 5.74) is 0.806. The third-order valence-electron chi connectivity index (χ3n) is 1.92. The molecule has 0 aliphatic heterocycles. The van der Waals surface area contributed by atoms with Crippen molar-refractivity contribution < 1.29 is 9.52 Å². The highest BCUT2D eigenvalue weighted by atomic mass is 16.4. The van der Waals surface area contributed by atoms with Crippen LogP contribution in [0.2, 0.25) is 0 Å². The van der Waals surface area contributed by atoms with Gasteiger partial charge in [-0.2, -0.15) is 0 Å². The molecule has 0 aliphatic carbocycles. The number of aliphatic hydroxyl groups is 1. The standard InChI is InChI=1S/C10H11N3O2/c14-6-2-4-9-12-13-10(15-9)8-3-1-5-11-7-8/h1,3,5,7,14H,2,4,6H2. The molecule has 2 rings (SSSR count). The normalized spacial score (nSPS) is 10.5. The lowest BCUT2D eigenvalue weighted by Gasteiger charge is -1.92. The number of hydrogen-bond acceptors (Lipinski definition) is 5. The van der Waals surface area contributed by atoms with Gasteiger partial charge in [-0.3, -0.25) is 4.98 Å². The van der Waals surface area contributed by atoms with Crippen LogP contribution in [0.4, 0.5) is 0 Å². The highest BCUT2D eigenvalue weighted by Gasteiger charge is 2.07. The topological polar surface area (TPSA) is 72.0 Å². The Labute approximate surface area is 86.8 Å². The number of hydrogen-bond donors (Lipinski definition) is 1. The van der Waals surface area contributed by atoms with Gasteiger partial charge in [0.1, 0.15) is 0 Å². The van der Waals surface area contributed by atoms with Crippen LogP contribution < -0.4 is 0 Å². The van der Waals surface area contributed by atoms with Crippen LogP contribution in [0.15, 0.2) is 28.9 Å². The second-order valence-electron chi connectivity index (χ2n) is 3.07. The van der Waals surface area contributed by atoms with Gasteiger partial charge in [-0.1, -0.05) is 0 Å². The minimum atomic E-state index is 0.130. The van der Waals surface area contributed by atoms with E-state index in [0.29, 0.717) is 24.6 Å². The van der Waals surface area contributed by atoms with Gasteiger partial charge in [-0.25, -0.2) is 0 Å². The predicted octanol–water partition coefficient (Wildman–Crippen LogP) is 1.06. The zero-order valence-electron chi connectivity index (χ0n) is 8.13. The largest absolute Gasteiger partial charge is 0.421 e. The first kappa shape index (κ1) is 9.79. The molecule has 1 N–H and O–H groups in total. The molecule has 0 amide bonds. The number of pyridine rings is 1. The van der Waals surface area contributed by atoms with Gasteiger partial charge in [0.05, 0.1) is 5.56 Å². The van der Waals surface area contributed by atoms with E-state index in [-0.39, 0.29) is 6.61 Å². The first-order valence-electron chi connectivity index (χ1n) is 4.74. The Bertz CT molecular complexity index is 414. The minimum Gasteiger partial charge on any atom is -0.421 e. The molecule has 2 aromatic heterocycles. The number of aromatic nitrogens is 3. The quantitative estimate of drug-likeness (QED) is 0.807. The third-order valence-corrected chi connectivity index (χ3v) is 1.92. The Morgan fingerprint density at radius 2 is 2.27 bits per heavy atom. The molecule has 0 saturated carbocycles. The first-order chi connectivity index (χ1) is 7.40. The van der Waals surface area contributed by atoms with Gasteiger partial charge in [0.25, 0.3) is 0 Å². The minimum absolute atomic E-state index is 0.130. The van der Waals surface area contributed by atoms with Crippen LogP contribution in [-0.2, 0) is 6.42 Å². The summed E-state index contributed by atoms with van der Waals surface area (Å²) in [6.45, 7) is 0.130. The van der Waals surface area contributed by atoms with E-state index in [4.69, 9.17) is 9.52 Å². The molecule has 5 heteroatoms. The second kappa shape index (κ2) is 4.65. The van der Waals surface area contributed by atoms with Gasteiger partial charge in [-0.05, 0) is 18.6 Å². The molecule has 0 aliphatic rings. The van der Waals surface area contributed by atoms with Crippen molar-refractivity contribution in [3.05, 3.63) is 30.4 Å². The molecular weight excluding hydrogens is 194 g/mol. The number of nitrogens with zero attached hydrogens (tertiary/aromatic N) is 3. The van der Waals surface area contributed by atoms with E-state index >= 15 is 0 Å². The fourth-order valence-corrected chi connectivity index (χ4v) is 1.19. The molecule has 0 aromatic carbocycles. The lowest BCUT2D eigenvalue weighted by molar-refractivity contribution is 0.283. The summed E-state index contributed by atoms with van der Waals surface area (Å²) in [5, 5.41) is 16.4. The summed E-state index contributed by atoms with van der Waals surface area (Å²) in [7, 11) is 0. The second-order valence-corrected chi connectivity index (χ2v) is 3.07. The molecule has 0 radical (unpaired) electrons. The van der Waals surface area contributed by atoms with Crippen molar-refractivity contribution in [3.63, 3.8) is 0 Å². The van der Waals surface area contributed by atoms with Crippen molar-refractivity contribution in [1.29, 1.82) is 0 Å². The van der Waals surface area contributed by atoms with Crippen LogP contribution in [0.5, 0.6) is 0 Å². The Balaban J connectivity index is 2.14. The number of aryl methyl sites for hydroxylation is 1. The van der Waals surface area contributed by atoms with Crippen molar-refractivity contribution in [2.24, 2.45) is 0 Å². The van der Waals surface area contributed by atoms with E-state index in [9.17, 15) is 0 Å². The van der Waals surface area contributed by atoms with Gasteiger partial charge in [0.15, 0.2) is 0 Å². The van der Waals surface area contributed by atoms with Gasteiger partial charge >= 0.3 is 0 Å². The summed E-state index contributed by atoms with van der Waals surface area (Å²) < 4.78 is 5.40. The van der Waals surface area contributed by atoms with E-state index in [2.05, 4.69) is 15.2 Å². The lowest BCUT2D eigenvalue weighted by atomic mass is 10.3. The van der Waals surface area contributed by atoms with Crippen LogP contribution >= 0.6 is 0 Å². The summed E-state index contributed by atoms with van der Waals surface area (Å²) >= 11 is 0. The van der Waals surface area contributed by atoms with E-state index in [1.54, 1.807) is 12.4 Å². The van der Waals surface area contributed by atoms with Crippen molar-refractivity contribution in [3.8, 4) is 11.5 Å². The number of aliphatic hydroxyl groups excluding tert-OH is 1. The van der Waals surface area contributed by atoms with Crippen LogP contribution in [-0.4, -0.2) is 26.9 Å². The van der Waals surface area contributed by atoms with Crippen molar-refractivity contribution in [2.45, 2.75) is 12.8 Å². The molecule has 2 heterocycles. The zero-order valence-corrected chi connectivity index (χ0v) is 8.13. The summed E-state index contributed by atoms with van der Waals surface area (Å²) in [6.07, 6.45) is 4.59. The van der Waals surface area contributed by atoms with Crippen LogP contribution in [0.25, 0.3) is 11.5 Å². The molecule has 0 unspecified atom stereocenters. The Morgan fingerprint density at radius 1 is 1.33 bits per heavy atom. The molecule has 0 spiro atoms. The maximum absolute atomic E-state index is 8.65. The first-order valence-corrected chi connectivity index (χ1v) is 4.74.